The van der Waals surface area contributed by atoms with Gasteiger partial charge in [-0.2, -0.15) is 0 Å². The second-order valence-corrected chi connectivity index (χ2v) is 20.9. The quantitative estimate of drug-likeness (QED) is 0.105. The number of carbonyl (C=O) groups is 3. The lowest BCUT2D eigenvalue weighted by atomic mass is 9.72. The van der Waals surface area contributed by atoms with Gasteiger partial charge in [0.05, 0.1) is 33.6 Å². The molecule has 5 unspecified atom stereocenters. The number of piperazine rings is 1. The molecule has 3 aliphatic heterocycles. The molecule has 0 spiro atoms. The molecule has 67 heavy (non-hydrogen) atoms. The molecular weight excluding hydrogens is 867 g/mol. The maximum atomic E-state index is 14.4. The minimum absolute atomic E-state index is 0.0172. The highest BCUT2D eigenvalue weighted by Gasteiger charge is 2.46. The van der Waals surface area contributed by atoms with Crippen molar-refractivity contribution in [1.82, 2.24) is 40.7 Å². The Labute approximate surface area is 395 Å². The van der Waals surface area contributed by atoms with Gasteiger partial charge in [-0.1, -0.05) is 64.1 Å². The lowest BCUT2D eigenvalue weighted by molar-refractivity contribution is -0.145. The van der Waals surface area contributed by atoms with E-state index in [-0.39, 0.29) is 72.8 Å². The molecule has 6 N–H and O–H groups in total. The molecule has 2 bridgehead atoms. The number of amides is 3. The number of rotatable bonds is 11. The fraction of sp³-hybridized carbons (Fsp3) is 0.480. The number of aryl methyl sites for hydroxylation is 1. The number of nitrogens with zero attached hydrogens (tertiary/aromatic N) is 8. The molecule has 1 saturated carbocycles. The van der Waals surface area contributed by atoms with Crippen LogP contribution in [0, 0.1) is 24.2 Å². The number of aliphatic hydroxyl groups excluding tert-OH is 1. The van der Waals surface area contributed by atoms with Crippen LogP contribution >= 0.6 is 11.3 Å². The summed E-state index contributed by atoms with van der Waals surface area (Å²) in [4.78, 5) is 63.5. The van der Waals surface area contributed by atoms with Crippen LogP contribution in [-0.2, 0) is 20.9 Å². The number of aliphatic hydroxyl groups is 1. The summed E-state index contributed by atoms with van der Waals surface area (Å²) in [5.41, 5.74) is 13.5. The van der Waals surface area contributed by atoms with Gasteiger partial charge in [-0.25, -0.2) is 15.0 Å². The van der Waals surface area contributed by atoms with Gasteiger partial charge in [0.2, 0.25) is 23.7 Å². The van der Waals surface area contributed by atoms with Crippen LogP contribution in [0.2, 0.25) is 0 Å². The van der Waals surface area contributed by atoms with Crippen LogP contribution < -0.4 is 26.2 Å². The van der Waals surface area contributed by atoms with Gasteiger partial charge in [0.15, 0.2) is 5.82 Å². The van der Waals surface area contributed by atoms with E-state index in [4.69, 9.17) is 15.7 Å². The maximum Gasteiger partial charge on any atom is 0.246 e. The topological polar surface area (TPSA) is 216 Å². The van der Waals surface area contributed by atoms with E-state index in [1.807, 2.05) is 88.1 Å². The van der Waals surface area contributed by atoms with E-state index in [1.165, 1.54) is 4.90 Å². The average molecular weight is 928 g/mol. The summed E-state index contributed by atoms with van der Waals surface area (Å²) in [6, 6.07) is 15.6. The first-order valence-corrected chi connectivity index (χ1v) is 24.3. The third kappa shape index (κ3) is 9.53. The molecule has 4 aliphatic rings. The van der Waals surface area contributed by atoms with E-state index in [2.05, 4.69) is 42.5 Å². The summed E-state index contributed by atoms with van der Waals surface area (Å²) in [7, 11) is 0. The van der Waals surface area contributed by atoms with Crippen molar-refractivity contribution in [3.05, 3.63) is 89.3 Å². The number of para-hydroxylation sites is 1. The first kappa shape index (κ1) is 45.9. The first-order chi connectivity index (χ1) is 32.1. The highest BCUT2D eigenvalue weighted by molar-refractivity contribution is 7.13. The van der Waals surface area contributed by atoms with E-state index in [0.717, 1.165) is 71.7 Å². The van der Waals surface area contributed by atoms with Crippen LogP contribution in [0.5, 0.6) is 5.75 Å². The number of hydrogen-bond acceptors (Lipinski definition) is 14. The van der Waals surface area contributed by atoms with E-state index in [0.29, 0.717) is 29.4 Å². The van der Waals surface area contributed by atoms with Crippen molar-refractivity contribution in [3.63, 3.8) is 0 Å². The molecule has 4 fully saturated rings. The van der Waals surface area contributed by atoms with Crippen molar-refractivity contribution < 1.29 is 24.6 Å². The Morgan fingerprint density at radius 3 is 2.28 bits per heavy atom. The molecule has 3 aromatic heterocycles. The Morgan fingerprint density at radius 1 is 0.910 bits per heavy atom. The van der Waals surface area contributed by atoms with Gasteiger partial charge in [-0.05, 0) is 91.2 Å². The van der Waals surface area contributed by atoms with Crippen LogP contribution in [0.3, 0.4) is 0 Å². The summed E-state index contributed by atoms with van der Waals surface area (Å²) in [5, 5.41) is 35.8. The number of nitrogens with one attached hydrogen (secondary N) is 2. The van der Waals surface area contributed by atoms with Gasteiger partial charge in [0.25, 0.3) is 0 Å². The third-order valence-electron chi connectivity index (χ3n) is 14.4. The number of nitrogens with two attached hydrogens (primary N) is 1. The molecular formula is C50H61N11O5S. The summed E-state index contributed by atoms with van der Waals surface area (Å²) >= 11 is 1.58. The summed E-state index contributed by atoms with van der Waals surface area (Å²) in [6.07, 6.45) is 7.37. The number of nitrogen functional groups attached to an aromatic ring is 1. The maximum absolute atomic E-state index is 14.4. The van der Waals surface area contributed by atoms with Crippen molar-refractivity contribution in [3.8, 4) is 27.4 Å². The number of carbonyl (C=O) groups excluding carboxylic acids is 3. The minimum Gasteiger partial charge on any atom is -0.507 e. The van der Waals surface area contributed by atoms with Crippen molar-refractivity contribution in [2.75, 3.05) is 35.2 Å². The number of hydrogen-bond donors (Lipinski definition) is 5. The summed E-state index contributed by atoms with van der Waals surface area (Å²) < 4.78 is 0. The fourth-order valence-corrected chi connectivity index (χ4v) is 11.5. The zero-order chi connectivity index (χ0) is 47.1. The van der Waals surface area contributed by atoms with Crippen molar-refractivity contribution in [2.45, 2.75) is 116 Å². The van der Waals surface area contributed by atoms with Crippen molar-refractivity contribution >= 4 is 46.5 Å². The monoisotopic (exact) mass is 927 g/mol. The fourth-order valence-electron chi connectivity index (χ4n) is 10.7. The van der Waals surface area contributed by atoms with Crippen LogP contribution in [-0.4, -0.2) is 108 Å². The smallest absolute Gasteiger partial charge is 0.246 e. The Balaban J connectivity index is 0.795. The van der Waals surface area contributed by atoms with Crippen molar-refractivity contribution in [1.29, 1.82) is 0 Å². The Morgan fingerprint density at radius 2 is 1.63 bits per heavy atom. The molecule has 3 saturated heterocycles. The normalized spacial score (nSPS) is 24.4. The highest BCUT2D eigenvalue weighted by Crippen LogP contribution is 2.42. The Bertz CT molecular complexity index is 2590. The van der Waals surface area contributed by atoms with Crippen LogP contribution in [0.25, 0.3) is 21.7 Å². The standard InChI is InChI=1S/C50H61N11O5S/c1-28-18-32(33-22-53-49(54-23-33)61-34-15-16-35(61)25-59(24-34)40-20-39(57-58-45(40)51)38-8-6-7-9-42(38)63)14-17-37(28)46(64)56-44(50(3,4)5)48(66)60-26-36(62)19-41(60)47(65)52-21-30-10-12-31(13-11-30)43-29(2)55-27-67-43/h6-13,20,22-23,27-28,32,34-37,41,44,62-63H,14-19,21,24-26H2,1-5H3,(H2,51,58)(H,52,65)(H,56,64)/t28?,32?,34?,35?,36-,37?,41+,44-/m1/s1. The number of β-amino-alcohol motifs (C(OH)–C–C–N with tert-alkyl or cyclic N) is 1. The van der Waals surface area contributed by atoms with Gasteiger partial charge < -0.3 is 41.3 Å². The number of anilines is 3. The van der Waals surface area contributed by atoms with Gasteiger partial charge >= 0.3 is 0 Å². The van der Waals surface area contributed by atoms with E-state index < -0.39 is 23.6 Å². The van der Waals surface area contributed by atoms with E-state index in [9.17, 15) is 24.6 Å². The van der Waals surface area contributed by atoms with Crippen LogP contribution in [0.15, 0.2) is 72.5 Å². The zero-order valence-electron chi connectivity index (χ0n) is 38.8. The number of fused-ring (bicyclic) bond motifs is 2. The number of phenols is 1. The number of aromatic nitrogens is 5. The summed E-state index contributed by atoms with van der Waals surface area (Å²) in [5.74, 6) is 0.254. The number of benzene rings is 2. The zero-order valence-corrected chi connectivity index (χ0v) is 39.6. The average Bonchev–Trinajstić information content (AvgIpc) is 4.01. The molecule has 8 atom stereocenters. The van der Waals surface area contributed by atoms with Crippen LogP contribution in [0.4, 0.5) is 17.5 Å². The van der Waals surface area contributed by atoms with Gasteiger partial charge in [0, 0.05) is 68.6 Å². The van der Waals surface area contributed by atoms with Gasteiger partial charge in [0.1, 0.15) is 17.8 Å². The number of phenolic OH excluding ortho intramolecular Hbond substituents is 1. The van der Waals surface area contributed by atoms with E-state index in [1.54, 1.807) is 23.5 Å². The molecule has 9 rings (SSSR count). The Kier molecular flexibility index (Phi) is 12.9. The molecule has 16 nitrogen and oxygen atoms in total. The number of thiazole rings is 1. The predicted molar refractivity (Wildman–Crippen MR) is 258 cm³/mol. The second kappa shape index (κ2) is 18.8. The molecule has 17 heteroatoms. The molecule has 3 amide bonds. The molecule has 5 aromatic rings. The highest BCUT2D eigenvalue weighted by atomic mass is 32.1. The Hall–Kier alpha value is -6.20. The molecule has 352 valence electrons. The predicted octanol–water partition coefficient (Wildman–Crippen LogP) is 5.84. The van der Waals surface area contributed by atoms with Gasteiger partial charge in [-0.15, -0.1) is 21.5 Å². The summed E-state index contributed by atoms with van der Waals surface area (Å²) in [6.45, 7) is 11.5. The van der Waals surface area contributed by atoms with Crippen LogP contribution in [0.1, 0.15) is 89.0 Å². The molecule has 6 heterocycles. The first-order valence-electron chi connectivity index (χ1n) is 23.5. The number of likely N-dealkylation sites (tertiary alicyclic amines) is 1. The van der Waals surface area contributed by atoms with E-state index >= 15 is 0 Å². The largest absolute Gasteiger partial charge is 0.507 e. The SMILES string of the molecule is Cc1ncsc1-c1ccc(CNC(=O)[C@@H]2C[C@@H](O)CN2C(=O)[C@@H](NC(=O)C2CCC(c3cnc(N4C5CCC4CN(c4cc(-c6ccccc6O)nnc4N)C5)nc3)CC2C)C(C)(C)C)cc1. The molecule has 0 radical (unpaired) electrons. The minimum atomic E-state index is -0.897. The lowest BCUT2D eigenvalue weighted by Gasteiger charge is -2.42. The molecule has 2 aromatic carbocycles. The lowest BCUT2D eigenvalue weighted by Crippen LogP contribution is -2.58. The second-order valence-electron chi connectivity index (χ2n) is 20.0. The number of aromatic hydroxyl groups is 1. The third-order valence-corrected chi connectivity index (χ3v) is 15.3. The van der Waals surface area contributed by atoms with Gasteiger partial charge in [-0.3, -0.25) is 14.4 Å². The molecule has 1 aliphatic carbocycles. The van der Waals surface area contributed by atoms with Crippen molar-refractivity contribution in [2.24, 2.45) is 17.3 Å².